The molecule has 5 nitrogen and oxygen atoms in total. The first-order valence-corrected chi connectivity index (χ1v) is 7.01. The van der Waals surface area contributed by atoms with Gasteiger partial charge in [-0.2, -0.15) is 5.10 Å². The number of aromatic nitrogens is 2. The van der Waals surface area contributed by atoms with Gasteiger partial charge in [0.25, 0.3) is 0 Å². The Labute approximate surface area is 118 Å². The molecule has 1 aliphatic rings. The van der Waals surface area contributed by atoms with E-state index in [-0.39, 0.29) is 5.78 Å². The Bertz CT molecular complexity index is 463. The molecule has 1 saturated carbocycles. The normalized spacial score (nSPS) is 18.2. The molecule has 19 heavy (non-hydrogen) atoms. The Morgan fingerprint density at radius 1 is 1.53 bits per heavy atom. The third kappa shape index (κ3) is 2.99. The average molecular weight is 285 g/mol. The largest absolute Gasteiger partial charge is 0.319 e. The molecule has 0 bridgehead atoms. The zero-order chi connectivity index (χ0) is 14.0. The molecular weight excluding hydrogens is 264 g/mol. The molecule has 0 amide bonds. The van der Waals surface area contributed by atoms with E-state index in [4.69, 9.17) is 17.3 Å². The highest BCUT2D eigenvalue weighted by molar-refractivity contribution is 6.34. The van der Waals surface area contributed by atoms with Crippen molar-refractivity contribution in [3.05, 3.63) is 16.9 Å². The van der Waals surface area contributed by atoms with Gasteiger partial charge in [-0.25, -0.2) is 0 Å². The van der Waals surface area contributed by atoms with E-state index in [0.29, 0.717) is 17.3 Å². The van der Waals surface area contributed by atoms with Crippen LogP contribution in [0.2, 0.25) is 5.02 Å². The fraction of sp³-hybridized carbons (Fsp3) is 0.692. The predicted molar refractivity (Wildman–Crippen MR) is 75.5 cm³/mol. The van der Waals surface area contributed by atoms with Gasteiger partial charge in [0, 0.05) is 6.54 Å². The topological polar surface area (TPSA) is 64.2 Å². The number of hydrogen-bond donors (Lipinski definition) is 1. The SMILES string of the molecule is CN(C)CCn1ncc(Cl)c1C(=O)C1(N)CCCC1. The smallest absolute Gasteiger partial charge is 0.202 e. The Balaban J connectivity index is 2.23. The molecule has 0 unspecified atom stereocenters. The van der Waals surface area contributed by atoms with Gasteiger partial charge in [-0.05, 0) is 26.9 Å². The minimum absolute atomic E-state index is 0.0637. The maximum absolute atomic E-state index is 12.6. The number of nitrogens with two attached hydrogens (primary N) is 1. The Morgan fingerprint density at radius 2 is 2.16 bits per heavy atom. The summed E-state index contributed by atoms with van der Waals surface area (Å²) in [6.07, 6.45) is 5.02. The molecule has 6 heteroatoms. The van der Waals surface area contributed by atoms with Crippen LogP contribution in [0, 0.1) is 0 Å². The molecule has 0 aliphatic heterocycles. The van der Waals surface area contributed by atoms with Crippen LogP contribution >= 0.6 is 11.6 Å². The number of rotatable bonds is 5. The average Bonchev–Trinajstić information content (AvgIpc) is 2.93. The van der Waals surface area contributed by atoms with Gasteiger partial charge >= 0.3 is 0 Å². The summed E-state index contributed by atoms with van der Waals surface area (Å²) in [7, 11) is 3.96. The maximum atomic E-state index is 12.6. The van der Waals surface area contributed by atoms with E-state index in [1.165, 1.54) is 6.20 Å². The monoisotopic (exact) mass is 284 g/mol. The fourth-order valence-electron chi connectivity index (χ4n) is 2.52. The quantitative estimate of drug-likeness (QED) is 0.834. The lowest BCUT2D eigenvalue weighted by Crippen LogP contribution is -2.46. The van der Waals surface area contributed by atoms with E-state index in [2.05, 4.69) is 5.10 Å². The van der Waals surface area contributed by atoms with Crippen LogP contribution in [0.3, 0.4) is 0 Å². The van der Waals surface area contributed by atoms with Crippen LogP contribution in [0.5, 0.6) is 0 Å². The third-order valence-corrected chi connectivity index (χ3v) is 3.99. The summed E-state index contributed by atoms with van der Waals surface area (Å²) in [6.45, 7) is 1.44. The van der Waals surface area contributed by atoms with E-state index in [1.807, 2.05) is 19.0 Å². The molecular formula is C13H21ClN4O. The highest BCUT2D eigenvalue weighted by Gasteiger charge is 2.40. The third-order valence-electron chi connectivity index (χ3n) is 3.72. The van der Waals surface area contributed by atoms with E-state index in [9.17, 15) is 4.79 Å². The van der Waals surface area contributed by atoms with Gasteiger partial charge in [0.15, 0.2) is 0 Å². The summed E-state index contributed by atoms with van der Waals surface area (Å²) >= 11 is 6.12. The second-order valence-corrected chi connectivity index (χ2v) is 5.97. The van der Waals surface area contributed by atoms with Crippen molar-refractivity contribution < 1.29 is 4.79 Å². The van der Waals surface area contributed by atoms with Crippen molar-refractivity contribution in [2.45, 2.75) is 37.8 Å². The number of ketones is 1. The molecule has 0 radical (unpaired) electrons. The fourth-order valence-corrected chi connectivity index (χ4v) is 2.75. The van der Waals surface area contributed by atoms with Crippen molar-refractivity contribution >= 4 is 17.4 Å². The summed E-state index contributed by atoms with van der Waals surface area (Å²) < 4.78 is 1.68. The van der Waals surface area contributed by atoms with Crippen molar-refractivity contribution in [2.75, 3.05) is 20.6 Å². The van der Waals surface area contributed by atoms with Crippen LogP contribution in [0.1, 0.15) is 36.2 Å². The van der Waals surface area contributed by atoms with Crippen LogP contribution in [0.4, 0.5) is 0 Å². The maximum Gasteiger partial charge on any atom is 0.202 e. The van der Waals surface area contributed by atoms with E-state index < -0.39 is 5.54 Å². The number of carbonyl (C=O) groups excluding carboxylic acids is 1. The zero-order valence-corrected chi connectivity index (χ0v) is 12.3. The first-order valence-electron chi connectivity index (χ1n) is 6.64. The molecule has 0 aromatic carbocycles. The van der Waals surface area contributed by atoms with Crippen LogP contribution < -0.4 is 5.73 Å². The molecule has 1 fully saturated rings. The van der Waals surface area contributed by atoms with Crippen LogP contribution in [0.15, 0.2) is 6.20 Å². The highest BCUT2D eigenvalue weighted by atomic mass is 35.5. The summed E-state index contributed by atoms with van der Waals surface area (Å²) in [4.78, 5) is 14.7. The Kier molecular flexibility index (Phi) is 4.28. The minimum atomic E-state index is -0.750. The minimum Gasteiger partial charge on any atom is -0.319 e. The number of carbonyl (C=O) groups is 1. The van der Waals surface area contributed by atoms with Crippen LogP contribution in [-0.4, -0.2) is 46.6 Å². The molecule has 0 atom stereocenters. The molecule has 1 aromatic rings. The molecule has 1 aromatic heterocycles. The van der Waals surface area contributed by atoms with Crippen LogP contribution in [-0.2, 0) is 6.54 Å². The first kappa shape index (κ1) is 14.5. The standard InChI is InChI=1S/C13H21ClN4O/c1-17(2)7-8-18-11(10(14)9-16-18)12(19)13(15)5-3-4-6-13/h9H,3-8,15H2,1-2H3. The number of likely N-dealkylation sites (N-methyl/N-ethyl adjacent to an activating group) is 1. The Morgan fingerprint density at radius 3 is 2.74 bits per heavy atom. The van der Waals surface area contributed by atoms with Crippen molar-refractivity contribution in [3.63, 3.8) is 0 Å². The van der Waals surface area contributed by atoms with E-state index in [1.54, 1.807) is 4.68 Å². The van der Waals surface area contributed by atoms with E-state index in [0.717, 1.165) is 32.2 Å². The van der Waals surface area contributed by atoms with Crippen molar-refractivity contribution in [2.24, 2.45) is 5.73 Å². The van der Waals surface area contributed by atoms with Crippen molar-refractivity contribution in [3.8, 4) is 0 Å². The van der Waals surface area contributed by atoms with Crippen molar-refractivity contribution in [1.29, 1.82) is 0 Å². The van der Waals surface area contributed by atoms with Gasteiger partial charge < -0.3 is 10.6 Å². The highest BCUT2D eigenvalue weighted by Crippen LogP contribution is 2.32. The number of nitrogens with zero attached hydrogens (tertiary/aromatic N) is 3. The van der Waals surface area contributed by atoms with Gasteiger partial charge in [-0.1, -0.05) is 24.4 Å². The zero-order valence-electron chi connectivity index (χ0n) is 11.5. The van der Waals surface area contributed by atoms with Crippen molar-refractivity contribution in [1.82, 2.24) is 14.7 Å². The van der Waals surface area contributed by atoms with Gasteiger partial charge in [0.05, 0.1) is 23.3 Å². The number of Topliss-reactive ketones (excluding diaryl/α,β-unsaturated/α-hetero) is 1. The summed E-state index contributed by atoms with van der Waals surface area (Å²) in [5.41, 5.74) is 5.94. The lowest BCUT2D eigenvalue weighted by molar-refractivity contribution is 0.0880. The summed E-state index contributed by atoms with van der Waals surface area (Å²) in [5.74, 6) is -0.0637. The molecule has 2 N–H and O–H groups in total. The molecule has 0 saturated heterocycles. The van der Waals surface area contributed by atoms with Crippen LogP contribution in [0.25, 0.3) is 0 Å². The molecule has 1 aliphatic carbocycles. The Hall–Kier alpha value is -0.910. The first-order chi connectivity index (χ1) is 8.94. The second kappa shape index (κ2) is 5.61. The summed E-state index contributed by atoms with van der Waals surface area (Å²) in [6, 6.07) is 0. The number of halogens is 1. The lowest BCUT2D eigenvalue weighted by atomic mass is 9.91. The second-order valence-electron chi connectivity index (χ2n) is 5.56. The van der Waals surface area contributed by atoms with Gasteiger partial charge in [0.1, 0.15) is 5.69 Å². The van der Waals surface area contributed by atoms with Gasteiger partial charge in [-0.15, -0.1) is 0 Å². The molecule has 106 valence electrons. The van der Waals surface area contributed by atoms with Gasteiger partial charge in [-0.3, -0.25) is 9.48 Å². The van der Waals surface area contributed by atoms with E-state index >= 15 is 0 Å². The predicted octanol–water partition coefficient (Wildman–Crippen LogP) is 1.55. The molecule has 2 rings (SSSR count). The van der Waals surface area contributed by atoms with Gasteiger partial charge in [0.2, 0.25) is 5.78 Å². The summed E-state index contributed by atoms with van der Waals surface area (Å²) in [5, 5.41) is 4.60. The number of hydrogen-bond acceptors (Lipinski definition) is 4. The lowest BCUT2D eigenvalue weighted by Gasteiger charge is -2.22. The molecule has 0 spiro atoms. The molecule has 1 heterocycles.